The minimum atomic E-state index is -0.618. The Balaban J connectivity index is 1.81. The maximum Gasteiger partial charge on any atom is 0.244 e. The van der Waals surface area contributed by atoms with Crippen LogP contribution in [0.3, 0.4) is 0 Å². The molecule has 0 bridgehead atoms. The van der Waals surface area contributed by atoms with Crippen LogP contribution < -0.4 is 15.4 Å². The smallest absolute Gasteiger partial charge is 0.244 e. The fourth-order valence-electron chi connectivity index (χ4n) is 2.38. The van der Waals surface area contributed by atoms with E-state index in [0.717, 1.165) is 22.4 Å². The van der Waals surface area contributed by atoms with Crippen molar-refractivity contribution < 1.29 is 14.3 Å². The third-order valence-corrected chi connectivity index (χ3v) is 3.84. The Morgan fingerprint density at radius 1 is 1.15 bits per heavy atom. The molecule has 2 aromatic rings. The predicted molar refractivity (Wildman–Crippen MR) is 103 cm³/mol. The lowest BCUT2D eigenvalue weighted by Crippen LogP contribution is -2.44. The van der Waals surface area contributed by atoms with Crippen LogP contribution in [0, 0.1) is 6.92 Å². The first-order chi connectivity index (χ1) is 12.5. The summed E-state index contributed by atoms with van der Waals surface area (Å²) < 4.78 is 5.09. The topological polar surface area (TPSA) is 67.4 Å². The summed E-state index contributed by atoms with van der Waals surface area (Å²) in [4.78, 5) is 24.1. The van der Waals surface area contributed by atoms with Crippen molar-refractivity contribution in [3.05, 3.63) is 71.3 Å². The van der Waals surface area contributed by atoms with Crippen molar-refractivity contribution >= 4 is 17.9 Å². The molecule has 0 spiro atoms. The first-order valence-corrected chi connectivity index (χ1v) is 8.44. The molecule has 26 heavy (non-hydrogen) atoms. The summed E-state index contributed by atoms with van der Waals surface area (Å²) in [5.41, 5.74) is 3.04. The molecular weight excluding hydrogens is 328 g/mol. The number of hydrogen-bond donors (Lipinski definition) is 2. The second-order valence-electron chi connectivity index (χ2n) is 6.04. The zero-order chi connectivity index (χ0) is 18.9. The van der Waals surface area contributed by atoms with Crippen molar-refractivity contribution in [2.24, 2.45) is 0 Å². The zero-order valence-corrected chi connectivity index (χ0v) is 15.3. The number of rotatable bonds is 7. The number of hydrogen-bond acceptors (Lipinski definition) is 3. The maximum absolute atomic E-state index is 12.1. The molecule has 0 saturated heterocycles. The molecule has 2 amide bonds. The van der Waals surface area contributed by atoms with Crippen LogP contribution in [0.25, 0.3) is 6.08 Å². The Morgan fingerprint density at radius 3 is 2.54 bits per heavy atom. The van der Waals surface area contributed by atoms with E-state index >= 15 is 0 Å². The lowest BCUT2D eigenvalue weighted by molar-refractivity contribution is -0.126. The molecule has 2 N–H and O–H groups in total. The third-order valence-electron chi connectivity index (χ3n) is 3.84. The summed E-state index contributed by atoms with van der Waals surface area (Å²) >= 11 is 0. The van der Waals surface area contributed by atoms with Gasteiger partial charge in [0.15, 0.2) is 0 Å². The van der Waals surface area contributed by atoms with E-state index in [-0.39, 0.29) is 11.8 Å². The highest BCUT2D eigenvalue weighted by molar-refractivity contribution is 5.95. The second-order valence-corrected chi connectivity index (χ2v) is 6.04. The van der Waals surface area contributed by atoms with Gasteiger partial charge in [0, 0.05) is 12.6 Å². The van der Waals surface area contributed by atoms with Crippen LogP contribution in [0.15, 0.2) is 54.6 Å². The van der Waals surface area contributed by atoms with Gasteiger partial charge in [-0.15, -0.1) is 0 Å². The Hall–Kier alpha value is -3.08. The van der Waals surface area contributed by atoms with Gasteiger partial charge in [-0.3, -0.25) is 9.59 Å². The van der Waals surface area contributed by atoms with Gasteiger partial charge >= 0.3 is 0 Å². The largest absolute Gasteiger partial charge is 0.497 e. The maximum atomic E-state index is 12.1. The van der Waals surface area contributed by atoms with E-state index in [2.05, 4.69) is 10.6 Å². The van der Waals surface area contributed by atoms with E-state index in [1.165, 1.54) is 6.08 Å². The van der Waals surface area contributed by atoms with Gasteiger partial charge in [-0.2, -0.15) is 0 Å². The Morgan fingerprint density at radius 2 is 1.88 bits per heavy atom. The van der Waals surface area contributed by atoms with Gasteiger partial charge in [-0.05, 0) is 43.2 Å². The van der Waals surface area contributed by atoms with Gasteiger partial charge in [0.25, 0.3) is 0 Å². The summed E-state index contributed by atoms with van der Waals surface area (Å²) in [5, 5.41) is 5.48. The third kappa shape index (κ3) is 6.09. The van der Waals surface area contributed by atoms with Gasteiger partial charge < -0.3 is 15.4 Å². The predicted octanol–water partition coefficient (Wildman–Crippen LogP) is 2.84. The quantitative estimate of drug-likeness (QED) is 0.753. The summed E-state index contributed by atoms with van der Waals surface area (Å²) in [7, 11) is 1.60. The van der Waals surface area contributed by atoms with Crippen molar-refractivity contribution in [1.29, 1.82) is 0 Å². The van der Waals surface area contributed by atoms with Crippen LogP contribution in [0.1, 0.15) is 23.6 Å². The Bertz CT molecular complexity index is 782. The van der Waals surface area contributed by atoms with E-state index in [9.17, 15) is 9.59 Å². The van der Waals surface area contributed by atoms with E-state index < -0.39 is 6.04 Å². The molecule has 2 aromatic carbocycles. The summed E-state index contributed by atoms with van der Waals surface area (Å²) in [6.45, 7) is 4.09. The van der Waals surface area contributed by atoms with Crippen LogP contribution in [0.2, 0.25) is 0 Å². The van der Waals surface area contributed by atoms with E-state index in [0.29, 0.717) is 6.54 Å². The normalized spacial score (nSPS) is 11.8. The summed E-state index contributed by atoms with van der Waals surface area (Å²) in [5.74, 6) is 0.210. The molecule has 5 nitrogen and oxygen atoms in total. The van der Waals surface area contributed by atoms with Crippen LogP contribution >= 0.6 is 0 Å². The lowest BCUT2D eigenvalue weighted by atomic mass is 10.1. The average Bonchev–Trinajstić information content (AvgIpc) is 2.64. The molecular formula is C21H24N2O3. The number of methoxy groups -OCH3 is 1. The molecule has 0 heterocycles. The minimum Gasteiger partial charge on any atom is -0.497 e. The standard InChI is InChI=1S/C21H24N2O3/c1-15-5-4-6-18(13-15)14-22-21(25)16(2)23-20(24)12-9-17-7-10-19(26-3)11-8-17/h4-13,16H,14H2,1-3H3,(H,22,25)(H,23,24)/b12-9+. The molecule has 0 fully saturated rings. The van der Waals surface area contributed by atoms with Crippen LogP contribution in [0.4, 0.5) is 0 Å². The zero-order valence-electron chi connectivity index (χ0n) is 15.3. The number of carbonyl (C=O) groups is 2. The average molecular weight is 352 g/mol. The molecule has 1 unspecified atom stereocenters. The number of ether oxygens (including phenoxy) is 1. The van der Waals surface area contributed by atoms with Gasteiger partial charge in [-0.1, -0.05) is 42.0 Å². The first kappa shape index (κ1) is 19.2. The highest BCUT2D eigenvalue weighted by Gasteiger charge is 2.13. The van der Waals surface area contributed by atoms with Crippen molar-refractivity contribution in [3.63, 3.8) is 0 Å². The number of amides is 2. The SMILES string of the molecule is COc1ccc(/C=C/C(=O)NC(C)C(=O)NCc2cccc(C)c2)cc1. The molecule has 0 aliphatic heterocycles. The van der Waals surface area contributed by atoms with Gasteiger partial charge in [0.05, 0.1) is 7.11 Å². The van der Waals surface area contributed by atoms with Crippen LogP contribution in [0.5, 0.6) is 5.75 Å². The molecule has 0 saturated carbocycles. The molecule has 2 rings (SSSR count). The van der Waals surface area contributed by atoms with Crippen molar-refractivity contribution in [2.75, 3.05) is 7.11 Å². The fraction of sp³-hybridized carbons (Fsp3) is 0.238. The number of carbonyl (C=O) groups excluding carboxylic acids is 2. The number of nitrogens with one attached hydrogen (secondary N) is 2. The van der Waals surface area contributed by atoms with E-state index in [1.54, 1.807) is 20.1 Å². The molecule has 0 aliphatic rings. The van der Waals surface area contributed by atoms with Gasteiger partial charge in [0.2, 0.25) is 11.8 Å². The molecule has 0 aliphatic carbocycles. The Labute approximate surface area is 154 Å². The summed E-state index contributed by atoms with van der Waals surface area (Å²) in [6, 6.07) is 14.6. The van der Waals surface area contributed by atoms with E-state index in [1.807, 2.05) is 55.5 Å². The van der Waals surface area contributed by atoms with Gasteiger partial charge in [0.1, 0.15) is 11.8 Å². The molecule has 1 atom stereocenters. The first-order valence-electron chi connectivity index (χ1n) is 8.44. The van der Waals surface area contributed by atoms with Crippen LogP contribution in [-0.2, 0) is 16.1 Å². The van der Waals surface area contributed by atoms with Crippen molar-refractivity contribution in [2.45, 2.75) is 26.4 Å². The lowest BCUT2D eigenvalue weighted by Gasteiger charge is -2.13. The monoisotopic (exact) mass is 352 g/mol. The van der Waals surface area contributed by atoms with Gasteiger partial charge in [-0.25, -0.2) is 0 Å². The molecule has 0 aromatic heterocycles. The second kappa shape index (κ2) is 9.42. The fourth-order valence-corrected chi connectivity index (χ4v) is 2.38. The Kier molecular flexibility index (Phi) is 6.97. The van der Waals surface area contributed by atoms with E-state index in [4.69, 9.17) is 4.74 Å². The highest BCUT2D eigenvalue weighted by atomic mass is 16.5. The molecule has 0 radical (unpaired) electrons. The minimum absolute atomic E-state index is 0.224. The van der Waals surface area contributed by atoms with Crippen molar-refractivity contribution in [3.8, 4) is 5.75 Å². The summed E-state index contributed by atoms with van der Waals surface area (Å²) in [6.07, 6.45) is 3.10. The highest BCUT2D eigenvalue weighted by Crippen LogP contribution is 2.12. The number of benzene rings is 2. The van der Waals surface area contributed by atoms with Crippen LogP contribution in [-0.4, -0.2) is 25.0 Å². The molecule has 5 heteroatoms. The van der Waals surface area contributed by atoms with Crippen molar-refractivity contribution in [1.82, 2.24) is 10.6 Å². The number of aryl methyl sites for hydroxylation is 1. The molecule has 136 valence electrons.